The van der Waals surface area contributed by atoms with Crippen LogP contribution in [0.5, 0.6) is 0 Å². The summed E-state index contributed by atoms with van der Waals surface area (Å²) in [5, 5.41) is 3.38. The summed E-state index contributed by atoms with van der Waals surface area (Å²) >= 11 is 0. The first-order valence-electron chi connectivity index (χ1n) is 11.6. The van der Waals surface area contributed by atoms with Gasteiger partial charge in [-0.3, -0.25) is 14.2 Å². The van der Waals surface area contributed by atoms with E-state index in [9.17, 15) is 14.4 Å². The molecule has 0 aromatic carbocycles. The Hall–Kier alpha value is -3.92. The summed E-state index contributed by atoms with van der Waals surface area (Å²) in [7, 11) is 0. The molecule has 13 heteroatoms. The van der Waals surface area contributed by atoms with E-state index in [1.165, 1.54) is 26.5 Å². The fourth-order valence-corrected chi connectivity index (χ4v) is 4.39. The maximum Gasteiger partial charge on any atom is 0.409 e. The zero-order valence-corrected chi connectivity index (χ0v) is 20.2. The number of aromatic nitrogens is 4. The Balaban J connectivity index is 1.55. The molecule has 4 heterocycles. The molecule has 0 aliphatic carbocycles. The molecule has 2 aromatic heterocycles. The maximum atomic E-state index is 12.0. The van der Waals surface area contributed by atoms with E-state index in [1.54, 1.807) is 16.4 Å². The summed E-state index contributed by atoms with van der Waals surface area (Å²) in [6.45, 7) is 5.72. The van der Waals surface area contributed by atoms with E-state index < -0.39 is 36.5 Å². The number of esters is 2. The van der Waals surface area contributed by atoms with Gasteiger partial charge in [-0.2, -0.15) is 0 Å². The van der Waals surface area contributed by atoms with Crippen molar-refractivity contribution in [3.63, 3.8) is 0 Å². The summed E-state index contributed by atoms with van der Waals surface area (Å²) < 4.78 is 23.4. The summed E-state index contributed by atoms with van der Waals surface area (Å²) in [5.74, 6) is 1.79. The SMILES string of the molecule is C#C[C@H]1O[C@@H](n2cnc3c(NC4CCN(C(=O)OCC)CC4)ncnc32)[C@@H](OC(C)=O)[C@@H]1OC(C)=O. The van der Waals surface area contributed by atoms with Crippen molar-refractivity contribution in [1.82, 2.24) is 24.4 Å². The number of likely N-dealkylation sites (tertiary alicyclic amines) is 1. The largest absolute Gasteiger partial charge is 0.455 e. The first kappa shape index (κ1) is 25.2. The van der Waals surface area contributed by atoms with Crippen LogP contribution in [0.15, 0.2) is 12.7 Å². The Bertz CT molecular complexity index is 1170. The molecule has 13 nitrogen and oxygen atoms in total. The van der Waals surface area contributed by atoms with Gasteiger partial charge in [0.1, 0.15) is 6.33 Å². The minimum atomic E-state index is -1.01. The number of ether oxygens (including phenoxy) is 4. The third-order valence-electron chi connectivity index (χ3n) is 5.95. The minimum absolute atomic E-state index is 0.0645. The Morgan fingerprint density at radius 3 is 2.47 bits per heavy atom. The highest BCUT2D eigenvalue weighted by molar-refractivity contribution is 5.83. The molecular formula is C23H28N6O7. The zero-order chi connectivity index (χ0) is 25.8. The predicted molar refractivity (Wildman–Crippen MR) is 124 cm³/mol. The van der Waals surface area contributed by atoms with Gasteiger partial charge >= 0.3 is 18.0 Å². The number of anilines is 1. The lowest BCUT2D eigenvalue weighted by Crippen LogP contribution is -2.42. The van der Waals surface area contributed by atoms with E-state index in [1.807, 2.05) is 0 Å². The predicted octanol–water partition coefficient (Wildman–Crippen LogP) is 1.25. The molecule has 2 saturated heterocycles. The van der Waals surface area contributed by atoms with Crippen LogP contribution in [-0.4, -0.2) is 86.5 Å². The van der Waals surface area contributed by atoms with E-state index in [-0.39, 0.29) is 12.1 Å². The second-order valence-corrected chi connectivity index (χ2v) is 8.41. The van der Waals surface area contributed by atoms with E-state index in [4.69, 9.17) is 25.4 Å². The molecular weight excluding hydrogens is 472 g/mol. The maximum absolute atomic E-state index is 12.0. The average Bonchev–Trinajstić information content (AvgIpc) is 3.41. The van der Waals surface area contributed by atoms with E-state index in [2.05, 4.69) is 26.2 Å². The van der Waals surface area contributed by atoms with Crippen LogP contribution < -0.4 is 5.32 Å². The minimum Gasteiger partial charge on any atom is -0.455 e. The van der Waals surface area contributed by atoms with Crippen molar-refractivity contribution in [2.45, 2.75) is 64.2 Å². The van der Waals surface area contributed by atoms with Gasteiger partial charge in [0.05, 0.1) is 12.9 Å². The molecule has 0 bridgehead atoms. The van der Waals surface area contributed by atoms with Crippen LogP contribution in [0, 0.1) is 12.3 Å². The lowest BCUT2D eigenvalue weighted by atomic mass is 10.1. The third-order valence-corrected chi connectivity index (χ3v) is 5.95. The third kappa shape index (κ3) is 5.18. The number of carbonyl (C=O) groups excluding carboxylic acids is 3. The fourth-order valence-electron chi connectivity index (χ4n) is 4.39. The number of hydrogen-bond acceptors (Lipinski definition) is 11. The number of rotatable bonds is 6. The number of piperidine rings is 1. The topological polar surface area (TPSA) is 147 Å². The summed E-state index contributed by atoms with van der Waals surface area (Å²) in [5.41, 5.74) is 0.890. The van der Waals surface area contributed by atoms with Gasteiger partial charge in [0.25, 0.3) is 0 Å². The number of terminal acetylenes is 1. The Morgan fingerprint density at radius 2 is 1.83 bits per heavy atom. The lowest BCUT2D eigenvalue weighted by Gasteiger charge is -2.31. The monoisotopic (exact) mass is 500 g/mol. The Morgan fingerprint density at radius 1 is 1.14 bits per heavy atom. The smallest absolute Gasteiger partial charge is 0.409 e. The van der Waals surface area contributed by atoms with Gasteiger partial charge in [-0.15, -0.1) is 6.42 Å². The van der Waals surface area contributed by atoms with Crippen molar-refractivity contribution < 1.29 is 33.3 Å². The molecule has 36 heavy (non-hydrogen) atoms. The van der Waals surface area contributed by atoms with Crippen LogP contribution >= 0.6 is 0 Å². The number of fused-ring (bicyclic) bond motifs is 1. The number of amides is 1. The first-order chi connectivity index (χ1) is 17.3. The standard InChI is InChI=1S/C23H28N6O7/c1-5-16-18(34-13(3)30)19(35-14(4)31)22(36-16)29-12-26-17-20(24-11-25-21(17)29)27-15-7-9-28(10-8-15)23(32)33-6-2/h1,11-12,15-16,18-19,22H,6-10H2,2-4H3,(H,24,25,27)/t16-,18-,19+,22-/m1/s1. The first-order valence-corrected chi connectivity index (χ1v) is 11.6. The van der Waals surface area contributed by atoms with Crippen LogP contribution in [0.4, 0.5) is 10.6 Å². The molecule has 192 valence electrons. The highest BCUT2D eigenvalue weighted by Crippen LogP contribution is 2.36. The highest BCUT2D eigenvalue weighted by atomic mass is 16.6. The zero-order valence-electron chi connectivity index (χ0n) is 20.2. The van der Waals surface area contributed by atoms with E-state index in [0.717, 1.165) is 0 Å². The van der Waals surface area contributed by atoms with Gasteiger partial charge in [0, 0.05) is 33.0 Å². The quantitative estimate of drug-likeness (QED) is 0.347. The Kier molecular flexibility index (Phi) is 7.54. The van der Waals surface area contributed by atoms with Crippen LogP contribution in [0.25, 0.3) is 11.2 Å². The fraction of sp³-hybridized carbons (Fsp3) is 0.565. The molecule has 0 spiro atoms. The van der Waals surface area contributed by atoms with Crippen molar-refractivity contribution in [1.29, 1.82) is 0 Å². The lowest BCUT2D eigenvalue weighted by molar-refractivity contribution is -0.165. The second-order valence-electron chi connectivity index (χ2n) is 8.41. The van der Waals surface area contributed by atoms with E-state index >= 15 is 0 Å². The second kappa shape index (κ2) is 10.8. The van der Waals surface area contributed by atoms with E-state index in [0.29, 0.717) is 49.5 Å². The van der Waals surface area contributed by atoms with Crippen LogP contribution in [0.3, 0.4) is 0 Å². The number of carbonyl (C=O) groups is 3. The van der Waals surface area contributed by atoms with Crippen molar-refractivity contribution in [2.75, 3.05) is 25.0 Å². The Labute approximate surface area is 207 Å². The summed E-state index contributed by atoms with van der Waals surface area (Å²) in [4.78, 5) is 50.3. The highest BCUT2D eigenvalue weighted by Gasteiger charge is 2.50. The molecule has 2 aliphatic heterocycles. The number of hydrogen-bond donors (Lipinski definition) is 1. The van der Waals surface area contributed by atoms with Crippen molar-refractivity contribution in [3.8, 4) is 12.3 Å². The molecule has 2 fully saturated rings. The van der Waals surface area contributed by atoms with Crippen molar-refractivity contribution in [3.05, 3.63) is 12.7 Å². The average molecular weight is 501 g/mol. The molecule has 4 atom stereocenters. The number of nitrogens with one attached hydrogen (secondary N) is 1. The molecule has 4 rings (SSSR count). The summed E-state index contributed by atoms with van der Waals surface area (Å²) in [6.07, 6.45) is 5.69. The molecule has 0 saturated carbocycles. The van der Waals surface area contributed by atoms with Crippen molar-refractivity contribution in [2.24, 2.45) is 0 Å². The molecule has 2 aromatic rings. The van der Waals surface area contributed by atoms with Crippen LogP contribution in [0.1, 0.15) is 39.8 Å². The molecule has 0 unspecified atom stereocenters. The van der Waals surface area contributed by atoms with Gasteiger partial charge < -0.3 is 29.2 Å². The molecule has 1 N–H and O–H groups in total. The van der Waals surface area contributed by atoms with Gasteiger partial charge in [0.15, 0.2) is 41.5 Å². The number of nitrogens with zero attached hydrogens (tertiary/aromatic N) is 5. The van der Waals surface area contributed by atoms with Gasteiger partial charge in [-0.05, 0) is 19.8 Å². The molecule has 1 amide bonds. The van der Waals surface area contributed by atoms with Gasteiger partial charge in [-0.1, -0.05) is 5.92 Å². The van der Waals surface area contributed by atoms with Crippen LogP contribution in [-0.2, 0) is 28.5 Å². The van der Waals surface area contributed by atoms with Gasteiger partial charge in [0.2, 0.25) is 0 Å². The van der Waals surface area contributed by atoms with Crippen LogP contribution in [0.2, 0.25) is 0 Å². The molecule has 0 radical (unpaired) electrons. The normalized spacial score (nSPS) is 24.2. The van der Waals surface area contributed by atoms with Gasteiger partial charge in [-0.25, -0.2) is 19.7 Å². The number of imidazole rings is 1. The summed E-state index contributed by atoms with van der Waals surface area (Å²) in [6, 6.07) is 0.0645. The molecule has 2 aliphatic rings. The van der Waals surface area contributed by atoms with Crippen molar-refractivity contribution >= 4 is 35.0 Å².